The van der Waals surface area contributed by atoms with Gasteiger partial charge in [-0.15, -0.1) is 0 Å². The first-order chi connectivity index (χ1) is 15.8. The van der Waals surface area contributed by atoms with Crippen LogP contribution in [0.25, 0.3) is 11.4 Å². The van der Waals surface area contributed by atoms with Crippen LogP contribution < -0.4 is 16.2 Å². The number of nitrogens with two attached hydrogens (primary N) is 2. The number of carbonyl (C=O) groups is 2. The highest BCUT2D eigenvalue weighted by Crippen LogP contribution is 2.26. The number of carboxylic acids is 1. The Morgan fingerprint density at radius 2 is 1.73 bits per heavy atom. The molecule has 0 unspecified atom stereocenters. The van der Waals surface area contributed by atoms with Gasteiger partial charge in [0.05, 0.1) is 22.6 Å². The van der Waals surface area contributed by atoms with Gasteiger partial charge in [-0.1, -0.05) is 6.07 Å². The van der Waals surface area contributed by atoms with Gasteiger partial charge in [0, 0.05) is 24.1 Å². The van der Waals surface area contributed by atoms with E-state index in [1.807, 2.05) is 13.7 Å². The highest BCUT2D eigenvalue weighted by molar-refractivity contribution is 5.89. The number of aromatic amines is 1. The van der Waals surface area contributed by atoms with Crippen molar-refractivity contribution in [2.45, 2.75) is 6.92 Å². The van der Waals surface area contributed by atoms with Gasteiger partial charge in [0.1, 0.15) is 24.1 Å². The fourth-order valence-electron chi connectivity index (χ4n) is 2.62. The summed E-state index contributed by atoms with van der Waals surface area (Å²) in [6.07, 6.45) is 3.02. The lowest BCUT2D eigenvalue weighted by Crippen LogP contribution is -1.91. The number of hydrogen-bond acceptors (Lipinski definition) is 6. The summed E-state index contributed by atoms with van der Waals surface area (Å²) in [5.74, 6) is -0.0808. The molecule has 6 N–H and O–H groups in total. The Hall–Kier alpha value is -4.66. The minimum Gasteiger partial charge on any atom is -0.478 e. The molecule has 0 spiro atoms. The van der Waals surface area contributed by atoms with Gasteiger partial charge in [0.25, 0.3) is 0 Å². The Labute approximate surface area is 189 Å². The zero-order valence-corrected chi connectivity index (χ0v) is 17.8. The van der Waals surface area contributed by atoms with Crippen LogP contribution in [-0.2, 0) is 4.79 Å². The van der Waals surface area contributed by atoms with Gasteiger partial charge in [-0.3, -0.25) is 4.98 Å². The summed E-state index contributed by atoms with van der Waals surface area (Å²) in [4.78, 5) is 26.0. The number of nitrogen functional groups attached to an aromatic ring is 2. The third-order valence-corrected chi connectivity index (χ3v) is 4.20. The molecule has 9 heteroatoms. The van der Waals surface area contributed by atoms with Crippen molar-refractivity contribution in [3.05, 3.63) is 90.0 Å². The predicted octanol–water partition coefficient (Wildman–Crippen LogP) is 4.68. The summed E-state index contributed by atoms with van der Waals surface area (Å²) in [6, 6.07) is 16.7. The lowest BCUT2D eigenvalue weighted by molar-refractivity contribution is -0.0980. The lowest BCUT2D eigenvalue weighted by atomic mass is 10.2. The molecule has 0 radical (unpaired) electrons. The topological polar surface area (TPSA) is 144 Å². The molecule has 0 atom stereocenters. The number of carbonyl (C=O) groups excluding carboxylic acids is 1. The van der Waals surface area contributed by atoms with Crippen LogP contribution in [0.15, 0.2) is 73.1 Å². The molecule has 2 aromatic heterocycles. The summed E-state index contributed by atoms with van der Waals surface area (Å²) in [5, 5.41) is 8.94. The molecule has 33 heavy (non-hydrogen) atoms. The van der Waals surface area contributed by atoms with Gasteiger partial charge >= 0.3 is 5.97 Å². The number of benzene rings is 2. The normalized spacial score (nSPS) is 9.64. The van der Waals surface area contributed by atoms with Gasteiger partial charge in [0.15, 0.2) is 0 Å². The van der Waals surface area contributed by atoms with E-state index in [1.165, 1.54) is 18.3 Å². The SMILES string of the molecule is C=O.Cc1ccc(F)c(N)c1.Nc1ccc(Oc2ccnc(-c3cc(C(=O)O)c[nH]3)c2)cc1. The number of aryl methyl sites for hydroxylation is 1. The highest BCUT2D eigenvalue weighted by Gasteiger charge is 2.09. The maximum Gasteiger partial charge on any atom is 0.337 e. The van der Waals surface area contributed by atoms with Crippen LogP contribution in [0.4, 0.5) is 15.8 Å². The zero-order valence-electron chi connectivity index (χ0n) is 17.8. The first kappa shape index (κ1) is 24.6. The molecule has 0 saturated heterocycles. The van der Waals surface area contributed by atoms with Crippen molar-refractivity contribution >= 4 is 24.1 Å². The maximum absolute atomic E-state index is 12.4. The molecule has 0 amide bonds. The Bertz CT molecular complexity index is 1210. The van der Waals surface area contributed by atoms with E-state index >= 15 is 0 Å². The van der Waals surface area contributed by atoms with Crippen molar-refractivity contribution in [3.8, 4) is 22.9 Å². The number of carboxylic acid groups (broad SMARTS) is 1. The third kappa shape index (κ3) is 7.21. The van der Waals surface area contributed by atoms with E-state index in [4.69, 9.17) is 26.1 Å². The van der Waals surface area contributed by atoms with E-state index in [-0.39, 0.29) is 17.1 Å². The number of aromatic carboxylic acids is 1. The van der Waals surface area contributed by atoms with Crippen molar-refractivity contribution in [1.29, 1.82) is 0 Å². The number of H-pyrrole nitrogens is 1. The number of pyridine rings is 1. The second kappa shape index (κ2) is 11.7. The van der Waals surface area contributed by atoms with Gasteiger partial charge in [-0.05, 0) is 61.0 Å². The van der Waals surface area contributed by atoms with E-state index < -0.39 is 5.97 Å². The van der Waals surface area contributed by atoms with Crippen molar-refractivity contribution < 1.29 is 23.8 Å². The molecule has 0 bridgehead atoms. The molecule has 8 nitrogen and oxygen atoms in total. The summed E-state index contributed by atoms with van der Waals surface area (Å²) < 4.78 is 18.1. The molecule has 170 valence electrons. The average molecular weight is 450 g/mol. The average Bonchev–Trinajstić information content (AvgIpc) is 3.31. The van der Waals surface area contributed by atoms with Gasteiger partial charge in [-0.25, -0.2) is 9.18 Å². The molecular weight excluding hydrogens is 427 g/mol. The quantitative estimate of drug-likeness (QED) is 0.330. The van der Waals surface area contributed by atoms with Crippen LogP contribution in [0.2, 0.25) is 0 Å². The van der Waals surface area contributed by atoms with Gasteiger partial charge in [-0.2, -0.15) is 0 Å². The third-order valence-electron chi connectivity index (χ3n) is 4.20. The molecular formula is C24H23FN4O4. The minimum absolute atomic E-state index is 0.182. The number of nitrogens with zero attached hydrogens (tertiary/aromatic N) is 1. The van der Waals surface area contributed by atoms with Crippen molar-refractivity contribution in [2.75, 3.05) is 11.5 Å². The number of anilines is 2. The molecule has 0 aliphatic heterocycles. The fourth-order valence-corrected chi connectivity index (χ4v) is 2.62. The summed E-state index contributed by atoms with van der Waals surface area (Å²) in [6.45, 7) is 3.87. The summed E-state index contributed by atoms with van der Waals surface area (Å²) in [7, 11) is 0. The summed E-state index contributed by atoms with van der Waals surface area (Å²) >= 11 is 0. The van der Waals surface area contributed by atoms with E-state index in [0.29, 0.717) is 28.6 Å². The van der Waals surface area contributed by atoms with Crippen LogP contribution in [-0.4, -0.2) is 27.8 Å². The van der Waals surface area contributed by atoms with Crippen LogP contribution in [0.5, 0.6) is 11.5 Å². The number of hydrogen-bond donors (Lipinski definition) is 4. The van der Waals surface area contributed by atoms with Gasteiger partial charge < -0.3 is 31.1 Å². The fraction of sp³-hybridized carbons (Fsp3) is 0.0417. The van der Waals surface area contributed by atoms with E-state index in [1.54, 1.807) is 54.7 Å². The highest BCUT2D eigenvalue weighted by atomic mass is 19.1. The second-order valence-electron chi connectivity index (χ2n) is 6.68. The Kier molecular flexibility index (Phi) is 8.69. The first-order valence-electron chi connectivity index (χ1n) is 9.54. The monoisotopic (exact) mass is 450 g/mol. The largest absolute Gasteiger partial charge is 0.478 e. The molecule has 0 aliphatic rings. The molecule has 0 saturated carbocycles. The molecule has 0 aliphatic carbocycles. The standard InChI is InChI=1S/C16H13N3O3.C7H8FN.CH2O/c17-11-1-3-12(4-2-11)22-13-5-6-18-15(8-13)14-7-10(9-19-14)16(20)21;1-5-2-3-6(8)7(9)4-5;1-2/h1-9,19H,17H2,(H,20,21);2-4H,9H2,1H3;1H2. The second-order valence-corrected chi connectivity index (χ2v) is 6.68. The van der Waals surface area contributed by atoms with Crippen LogP contribution in [0.1, 0.15) is 15.9 Å². The maximum atomic E-state index is 12.4. The predicted molar refractivity (Wildman–Crippen MR) is 125 cm³/mol. The Balaban J connectivity index is 0.000000293. The zero-order chi connectivity index (χ0) is 24.4. The molecule has 0 fully saturated rings. The summed E-state index contributed by atoms with van der Waals surface area (Å²) in [5.41, 5.74) is 14.1. The van der Waals surface area contributed by atoms with Crippen LogP contribution in [0.3, 0.4) is 0 Å². The molecule has 4 rings (SSSR count). The molecule has 2 heterocycles. The smallest absolute Gasteiger partial charge is 0.337 e. The first-order valence-corrected chi connectivity index (χ1v) is 9.54. The lowest BCUT2D eigenvalue weighted by Gasteiger charge is -2.07. The van der Waals surface area contributed by atoms with E-state index in [9.17, 15) is 9.18 Å². The van der Waals surface area contributed by atoms with Crippen molar-refractivity contribution in [1.82, 2.24) is 9.97 Å². The minimum atomic E-state index is -0.989. The number of ether oxygens (including phenoxy) is 1. The van der Waals surface area contributed by atoms with Crippen molar-refractivity contribution in [2.24, 2.45) is 0 Å². The van der Waals surface area contributed by atoms with Crippen molar-refractivity contribution in [3.63, 3.8) is 0 Å². The number of aromatic nitrogens is 2. The van der Waals surface area contributed by atoms with Crippen LogP contribution >= 0.6 is 0 Å². The number of rotatable bonds is 4. The van der Waals surface area contributed by atoms with Gasteiger partial charge in [0.2, 0.25) is 0 Å². The van der Waals surface area contributed by atoms with E-state index in [2.05, 4.69) is 9.97 Å². The Morgan fingerprint density at radius 1 is 1.03 bits per heavy atom. The number of halogens is 1. The molecule has 2 aromatic carbocycles. The van der Waals surface area contributed by atoms with Crippen LogP contribution in [0, 0.1) is 12.7 Å². The number of nitrogens with one attached hydrogen (secondary N) is 1. The van der Waals surface area contributed by atoms with E-state index in [0.717, 1.165) is 5.56 Å². The Morgan fingerprint density at radius 3 is 2.30 bits per heavy atom. The molecule has 4 aromatic rings.